The maximum absolute atomic E-state index is 12.8. The Labute approximate surface area is 163 Å². The lowest BCUT2D eigenvalue weighted by atomic mass is 10.1. The SMILES string of the molecule is Cc1noc(CSc2ccccc2C(=O)NCc2cccc(C(F)(F)F)c2)n1. The summed E-state index contributed by atoms with van der Waals surface area (Å²) in [6, 6.07) is 11.8. The highest BCUT2D eigenvalue weighted by atomic mass is 32.2. The minimum absolute atomic E-state index is 0.00932. The molecule has 0 saturated carbocycles. The van der Waals surface area contributed by atoms with E-state index in [0.29, 0.717) is 33.5 Å². The van der Waals surface area contributed by atoms with Crippen LogP contribution in [0.2, 0.25) is 0 Å². The number of thioether (sulfide) groups is 1. The van der Waals surface area contributed by atoms with E-state index in [0.717, 1.165) is 12.1 Å². The zero-order valence-corrected chi connectivity index (χ0v) is 15.6. The van der Waals surface area contributed by atoms with Gasteiger partial charge in [-0.15, -0.1) is 11.8 Å². The van der Waals surface area contributed by atoms with Gasteiger partial charge in [0, 0.05) is 11.4 Å². The Hall–Kier alpha value is -2.81. The fourth-order valence-electron chi connectivity index (χ4n) is 2.45. The van der Waals surface area contributed by atoms with Crippen LogP contribution >= 0.6 is 11.8 Å². The molecule has 0 atom stereocenters. The van der Waals surface area contributed by atoms with Crippen LogP contribution in [0.4, 0.5) is 13.2 Å². The number of hydrogen-bond donors (Lipinski definition) is 1. The Morgan fingerprint density at radius 2 is 1.96 bits per heavy atom. The van der Waals surface area contributed by atoms with Crippen molar-refractivity contribution in [3.63, 3.8) is 0 Å². The van der Waals surface area contributed by atoms with Crippen LogP contribution in [0.15, 0.2) is 57.9 Å². The number of nitrogens with zero attached hydrogens (tertiary/aromatic N) is 2. The van der Waals surface area contributed by atoms with E-state index in [-0.39, 0.29) is 12.5 Å². The molecule has 0 saturated heterocycles. The molecule has 5 nitrogen and oxygen atoms in total. The molecule has 0 aliphatic rings. The van der Waals surface area contributed by atoms with E-state index in [1.54, 1.807) is 31.2 Å². The summed E-state index contributed by atoms with van der Waals surface area (Å²) in [5, 5.41) is 6.38. The highest BCUT2D eigenvalue weighted by molar-refractivity contribution is 7.98. The summed E-state index contributed by atoms with van der Waals surface area (Å²) >= 11 is 1.36. The normalized spacial score (nSPS) is 11.4. The fraction of sp³-hybridized carbons (Fsp3) is 0.211. The molecular weight excluding hydrogens is 391 g/mol. The zero-order chi connectivity index (χ0) is 20.1. The molecule has 0 bridgehead atoms. The quantitative estimate of drug-likeness (QED) is 0.604. The van der Waals surface area contributed by atoms with Crippen LogP contribution < -0.4 is 5.32 Å². The van der Waals surface area contributed by atoms with Gasteiger partial charge in [0.2, 0.25) is 5.89 Å². The number of carbonyl (C=O) groups excluding carboxylic acids is 1. The average Bonchev–Trinajstić information content (AvgIpc) is 3.09. The second-order valence-corrected chi connectivity index (χ2v) is 6.92. The van der Waals surface area contributed by atoms with Crippen LogP contribution in [-0.2, 0) is 18.5 Å². The topological polar surface area (TPSA) is 68.0 Å². The molecule has 146 valence electrons. The Balaban J connectivity index is 1.66. The molecule has 0 aliphatic heterocycles. The first kappa shape index (κ1) is 19.9. The van der Waals surface area contributed by atoms with Crippen LogP contribution in [0.1, 0.15) is 33.2 Å². The lowest BCUT2D eigenvalue weighted by molar-refractivity contribution is -0.137. The molecule has 0 unspecified atom stereocenters. The Morgan fingerprint density at radius 1 is 1.18 bits per heavy atom. The molecule has 1 aromatic heterocycles. The van der Waals surface area contributed by atoms with E-state index in [2.05, 4.69) is 15.5 Å². The van der Waals surface area contributed by atoms with Crippen LogP contribution in [0, 0.1) is 6.92 Å². The van der Waals surface area contributed by atoms with Crippen molar-refractivity contribution in [2.24, 2.45) is 0 Å². The van der Waals surface area contributed by atoms with Gasteiger partial charge in [-0.1, -0.05) is 29.4 Å². The Morgan fingerprint density at radius 3 is 2.68 bits per heavy atom. The highest BCUT2D eigenvalue weighted by Crippen LogP contribution is 2.29. The minimum Gasteiger partial charge on any atom is -0.348 e. The molecule has 0 spiro atoms. The van der Waals surface area contributed by atoms with Crippen molar-refractivity contribution < 1.29 is 22.5 Å². The smallest absolute Gasteiger partial charge is 0.348 e. The summed E-state index contributed by atoms with van der Waals surface area (Å²) in [6.07, 6.45) is -4.42. The summed E-state index contributed by atoms with van der Waals surface area (Å²) < 4.78 is 43.5. The average molecular weight is 407 g/mol. The zero-order valence-electron chi connectivity index (χ0n) is 14.8. The van der Waals surface area contributed by atoms with Crippen molar-refractivity contribution >= 4 is 17.7 Å². The number of rotatable bonds is 6. The van der Waals surface area contributed by atoms with Crippen LogP contribution in [0.5, 0.6) is 0 Å². The molecule has 0 radical (unpaired) electrons. The minimum atomic E-state index is -4.42. The van der Waals surface area contributed by atoms with Gasteiger partial charge in [0.15, 0.2) is 5.82 Å². The van der Waals surface area contributed by atoms with Gasteiger partial charge >= 0.3 is 6.18 Å². The third-order valence-corrected chi connectivity index (χ3v) is 4.82. The maximum atomic E-state index is 12.8. The van der Waals surface area contributed by atoms with E-state index in [1.165, 1.54) is 23.9 Å². The molecule has 3 rings (SSSR count). The van der Waals surface area contributed by atoms with Crippen LogP contribution in [-0.4, -0.2) is 16.0 Å². The summed E-state index contributed by atoms with van der Waals surface area (Å²) in [6.45, 7) is 1.71. The molecule has 2 aromatic carbocycles. The lowest BCUT2D eigenvalue weighted by Gasteiger charge is -2.11. The number of aromatic nitrogens is 2. The summed E-state index contributed by atoms with van der Waals surface area (Å²) in [5.74, 6) is 1.00. The van der Waals surface area contributed by atoms with Crippen molar-refractivity contribution in [3.05, 3.63) is 76.9 Å². The first-order valence-electron chi connectivity index (χ1n) is 8.28. The monoisotopic (exact) mass is 407 g/mol. The van der Waals surface area contributed by atoms with Gasteiger partial charge in [-0.2, -0.15) is 18.2 Å². The van der Waals surface area contributed by atoms with Gasteiger partial charge in [-0.3, -0.25) is 4.79 Å². The standard InChI is InChI=1S/C19H16F3N3O2S/c1-12-24-17(27-25-12)11-28-16-8-3-2-7-15(16)18(26)23-10-13-5-4-6-14(9-13)19(20,21)22/h2-9H,10-11H2,1H3,(H,23,26). The predicted octanol–water partition coefficient (Wildman–Crippen LogP) is 4.62. The predicted molar refractivity (Wildman–Crippen MR) is 97.7 cm³/mol. The fourth-order valence-corrected chi connectivity index (χ4v) is 3.34. The molecule has 1 amide bonds. The van der Waals surface area contributed by atoms with Crippen molar-refractivity contribution in [1.29, 1.82) is 0 Å². The number of amides is 1. The number of alkyl halides is 3. The first-order valence-corrected chi connectivity index (χ1v) is 9.27. The van der Waals surface area contributed by atoms with Gasteiger partial charge in [0.1, 0.15) is 0 Å². The molecule has 0 fully saturated rings. The first-order chi connectivity index (χ1) is 13.3. The third-order valence-electron chi connectivity index (χ3n) is 3.76. The number of halogens is 3. The number of carbonyl (C=O) groups is 1. The largest absolute Gasteiger partial charge is 0.416 e. The van der Waals surface area contributed by atoms with Crippen LogP contribution in [0.3, 0.4) is 0 Å². The summed E-state index contributed by atoms with van der Waals surface area (Å²) in [5.41, 5.74) is 0.0513. The van der Waals surface area contributed by atoms with E-state index >= 15 is 0 Å². The number of aryl methyl sites for hydroxylation is 1. The van der Waals surface area contributed by atoms with E-state index < -0.39 is 11.7 Å². The molecule has 0 aliphatic carbocycles. The van der Waals surface area contributed by atoms with E-state index in [9.17, 15) is 18.0 Å². The number of hydrogen-bond acceptors (Lipinski definition) is 5. The van der Waals surface area contributed by atoms with Gasteiger partial charge in [0.25, 0.3) is 5.91 Å². The molecular formula is C19H16F3N3O2S. The van der Waals surface area contributed by atoms with Gasteiger partial charge in [-0.05, 0) is 36.8 Å². The van der Waals surface area contributed by atoms with Gasteiger partial charge in [0.05, 0.1) is 16.9 Å². The third kappa shape index (κ3) is 5.13. The molecule has 3 aromatic rings. The second-order valence-electron chi connectivity index (χ2n) is 5.90. The molecule has 1 N–H and O–H groups in total. The molecule has 1 heterocycles. The number of nitrogens with one attached hydrogen (secondary N) is 1. The number of benzene rings is 2. The maximum Gasteiger partial charge on any atom is 0.416 e. The van der Waals surface area contributed by atoms with Crippen molar-refractivity contribution in [1.82, 2.24) is 15.5 Å². The molecule has 9 heteroatoms. The van der Waals surface area contributed by atoms with Gasteiger partial charge in [-0.25, -0.2) is 0 Å². The van der Waals surface area contributed by atoms with Gasteiger partial charge < -0.3 is 9.84 Å². The van der Waals surface area contributed by atoms with Crippen molar-refractivity contribution in [3.8, 4) is 0 Å². The molecule has 28 heavy (non-hydrogen) atoms. The summed E-state index contributed by atoms with van der Waals surface area (Å²) in [4.78, 5) is 17.4. The van der Waals surface area contributed by atoms with Crippen molar-refractivity contribution in [2.75, 3.05) is 0 Å². The summed E-state index contributed by atoms with van der Waals surface area (Å²) in [7, 11) is 0. The van der Waals surface area contributed by atoms with E-state index in [1.807, 2.05) is 0 Å². The highest BCUT2D eigenvalue weighted by Gasteiger charge is 2.30. The Kier molecular flexibility index (Phi) is 6.03. The Bertz CT molecular complexity index is 973. The second kappa shape index (κ2) is 8.47. The van der Waals surface area contributed by atoms with Crippen molar-refractivity contribution in [2.45, 2.75) is 30.3 Å². The van der Waals surface area contributed by atoms with Crippen LogP contribution in [0.25, 0.3) is 0 Å². The van der Waals surface area contributed by atoms with E-state index in [4.69, 9.17) is 4.52 Å². The lowest BCUT2D eigenvalue weighted by Crippen LogP contribution is -2.23.